The molecule has 0 amide bonds. The maximum atomic E-state index is 12.7. The number of hydrogen-bond acceptors (Lipinski definition) is 8. The van der Waals surface area contributed by atoms with Crippen LogP contribution in [0.25, 0.3) is 11.0 Å². The van der Waals surface area contributed by atoms with Crippen molar-refractivity contribution in [1.29, 1.82) is 0 Å². The van der Waals surface area contributed by atoms with E-state index in [2.05, 4.69) is 0 Å². The third kappa shape index (κ3) is 3.76. The molecule has 30 heavy (non-hydrogen) atoms. The first-order chi connectivity index (χ1) is 14.4. The Morgan fingerprint density at radius 3 is 2.27 bits per heavy atom. The predicted octanol–water partition coefficient (Wildman–Crippen LogP) is 3.22. The molecule has 8 nitrogen and oxygen atoms in total. The normalized spacial score (nSPS) is 11.7. The summed E-state index contributed by atoms with van der Waals surface area (Å²) in [6.07, 6.45) is -0.211. The molecular formula is C22H22O8. The number of carbonyl (C=O) groups excluding carboxylic acids is 1. The number of methoxy groups -OCH3 is 4. The lowest BCUT2D eigenvalue weighted by molar-refractivity contribution is -0.140. The van der Waals surface area contributed by atoms with Crippen molar-refractivity contribution in [2.75, 3.05) is 28.4 Å². The van der Waals surface area contributed by atoms with E-state index in [1.165, 1.54) is 28.4 Å². The fourth-order valence-corrected chi connectivity index (χ4v) is 3.30. The van der Waals surface area contributed by atoms with Crippen LogP contribution in [0, 0.1) is 0 Å². The monoisotopic (exact) mass is 414 g/mol. The summed E-state index contributed by atoms with van der Waals surface area (Å²) in [4.78, 5) is 24.9. The minimum Gasteiger partial charge on any atom is -0.502 e. The molecule has 0 aliphatic rings. The van der Waals surface area contributed by atoms with Crippen molar-refractivity contribution >= 4 is 16.9 Å². The quantitative estimate of drug-likeness (QED) is 0.588. The summed E-state index contributed by atoms with van der Waals surface area (Å²) in [6, 6.07) is 9.74. The molecule has 0 bridgehead atoms. The second kappa shape index (κ2) is 8.77. The van der Waals surface area contributed by atoms with Gasteiger partial charge in [-0.3, -0.25) is 9.59 Å². The first-order valence-electron chi connectivity index (χ1n) is 9.06. The lowest BCUT2D eigenvalue weighted by Crippen LogP contribution is -2.14. The molecule has 0 fully saturated rings. The maximum absolute atomic E-state index is 12.7. The smallest absolute Gasteiger partial charge is 0.306 e. The summed E-state index contributed by atoms with van der Waals surface area (Å²) < 4.78 is 26.8. The van der Waals surface area contributed by atoms with Crippen LogP contribution in [0.15, 0.2) is 45.6 Å². The summed E-state index contributed by atoms with van der Waals surface area (Å²) in [6.45, 7) is 0. The zero-order valence-corrected chi connectivity index (χ0v) is 17.1. The number of ether oxygens (including phenoxy) is 4. The molecule has 0 saturated heterocycles. The predicted molar refractivity (Wildman–Crippen MR) is 109 cm³/mol. The van der Waals surface area contributed by atoms with Crippen LogP contribution in [-0.4, -0.2) is 39.5 Å². The van der Waals surface area contributed by atoms with Crippen molar-refractivity contribution in [2.45, 2.75) is 12.3 Å². The van der Waals surface area contributed by atoms with E-state index in [4.69, 9.17) is 23.4 Å². The van der Waals surface area contributed by atoms with Gasteiger partial charge in [0.15, 0.2) is 17.3 Å². The van der Waals surface area contributed by atoms with Crippen LogP contribution in [0.2, 0.25) is 0 Å². The van der Waals surface area contributed by atoms with Gasteiger partial charge in [-0.1, -0.05) is 12.1 Å². The van der Waals surface area contributed by atoms with Gasteiger partial charge in [0.1, 0.15) is 11.3 Å². The first kappa shape index (κ1) is 21.0. The maximum Gasteiger partial charge on any atom is 0.306 e. The molecule has 0 aliphatic carbocycles. The van der Waals surface area contributed by atoms with Crippen LogP contribution in [0.4, 0.5) is 0 Å². The molecule has 158 valence electrons. The van der Waals surface area contributed by atoms with Gasteiger partial charge < -0.3 is 28.5 Å². The lowest BCUT2D eigenvalue weighted by Gasteiger charge is -2.21. The first-order valence-corrected chi connectivity index (χ1v) is 9.06. The third-order valence-corrected chi connectivity index (χ3v) is 4.83. The molecule has 1 unspecified atom stereocenters. The van der Waals surface area contributed by atoms with E-state index in [1.54, 1.807) is 36.4 Å². The van der Waals surface area contributed by atoms with Crippen LogP contribution in [0.5, 0.6) is 23.0 Å². The van der Waals surface area contributed by atoms with Crippen LogP contribution >= 0.6 is 0 Å². The number of esters is 1. The molecule has 1 atom stereocenters. The van der Waals surface area contributed by atoms with E-state index in [9.17, 15) is 14.7 Å². The molecule has 0 spiro atoms. The topological polar surface area (TPSA) is 104 Å². The summed E-state index contributed by atoms with van der Waals surface area (Å²) in [5.74, 6) is -0.952. The molecule has 3 rings (SSSR count). The Balaban J connectivity index is 2.30. The van der Waals surface area contributed by atoms with Crippen LogP contribution in [0.3, 0.4) is 0 Å². The molecule has 0 saturated carbocycles. The van der Waals surface area contributed by atoms with E-state index in [1.807, 2.05) is 0 Å². The van der Waals surface area contributed by atoms with Gasteiger partial charge in [-0.25, -0.2) is 0 Å². The van der Waals surface area contributed by atoms with Crippen LogP contribution in [0.1, 0.15) is 23.7 Å². The van der Waals surface area contributed by atoms with Gasteiger partial charge in [-0.05, 0) is 18.2 Å². The summed E-state index contributed by atoms with van der Waals surface area (Å²) in [5, 5.41) is 10.9. The highest BCUT2D eigenvalue weighted by Crippen LogP contribution is 2.43. The van der Waals surface area contributed by atoms with E-state index in [0.717, 1.165) is 0 Å². The van der Waals surface area contributed by atoms with Crippen molar-refractivity contribution in [2.24, 2.45) is 0 Å². The Kier molecular flexibility index (Phi) is 6.15. The van der Waals surface area contributed by atoms with Crippen molar-refractivity contribution in [3.05, 3.63) is 57.9 Å². The zero-order chi connectivity index (χ0) is 21.8. The summed E-state index contributed by atoms with van der Waals surface area (Å²) >= 11 is 0. The van der Waals surface area contributed by atoms with Crippen molar-refractivity contribution in [3.8, 4) is 23.0 Å². The molecule has 3 aromatic rings. The highest BCUT2D eigenvalue weighted by atomic mass is 16.5. The Morgan fingerprint density at radius 2 is 1.63 bits per heavy atom. The molecule has 0 radical (unpaired) electrons. The molecule has 8 heteroatoms. The average molecular weight is 414 g/mol. The number of rotatable bonds is 7. The van der Waals surface area contributed by atoms with Gasteiger partial charge in [0.05, 0.1) is 46.2 Å². The number of fused-ring (bicyclic) bond motifs is 1. The number of carbonyl (C=O) groups is 1. The minimum atomic E-state index is -0.885. The van der Waals surface area contributed by atoms with E-state index >= 15 is 0 Å². The SMILES string of the molecule is COC(=O)CC(c1cc(OC)c(OC)cc1OC)c1oc2ccccc2c(=O)c1O. The second-order valence-electron chi connectivity index (χ2n) is 6.42. The molecule has 1 N–H and O–H groups in total. The number of para-hydroxylation sites is 1. The molecule has 1 aromatic heterocycles. The minimum absolute atomic E-state index is 0.0744. The third-order valence-electron chi connectivity index (χ3n) is 4.83. The highest BCUT2D eigenvalue weighted by molar-refractivity contribution is 5.78. The van der Waals surface area contributed by atoms with E-state index in [0.29, 0.717) is 22.8 Å². The van der Waals surface area contributed by atoms with Gasteiger partial charge >= 0.3 is 5.97 Å². The van der Waals surface area contributed by atoms with E-state index < -0.39 is 23.1 Å². The number of hydrogen-bond donors (Lipinski definition) is 1. The molecule has 2 aromatic carbocycles. The number of benzene rings is 2. The van der Waals surface area contributed by atoms with Crippen LogP contribution in [-0.2, 0) is 9.53 Å². The van der Waals surface area contributed by atoms with Crippen LogP contribution < -0.4 is 19.6 Å². The molecular weight excluding hydrogens is 392 g/mol. The largest absolute Gasteiger partial charge is 0.502 e. The fourth-order valence-electron chi connectivity index (χ4n) is 3.30. The van der Waals surface area contributed by atoms with Crippen molar-refractivity contribution in [3.63, 3.8) is 0 Å². The Labute approximate surface area is 172 Å². The van der Waals surface area contributed by atoms with Gasteiger partial charge in [0.2, 0.25) is 11.2 Å². The summed E-state index contributed by atoms with van der Waals surface area (Å²) in [5.41, 5.74) is 0.139. The van der Waals surface area contributed by atoms with Gasteiger partial charge in [-0.2, -0.15) is 0 Å². The van der Waals surface area contributed by atoms with Gasteiger partial charge in [0.25, 0.3) is 0 Å². The van der Waals surface area contributed by atoms with Gasteiger partial charge in [-0.15, -0.1) is 0 Å². The molecule has 1 heterocycles. The van der Waals surface area contributed by atoms with Gasteiger partial charge in [0, 0.05) is 11.6 Å². The molecule has 0 aliphatic heterocycles. The lowest BCUT2D eigenvalue weighted by atomic mass is 9.90. The Hall–Kier alpha value is -3.68. The Bertz CT molecular complexity index is 1130. The standard InChI is InChI=1S/C22H22O8/c1-26-16-11-18(28-3)17(27-2)9-13(16)14(10-19(23)29-4)22-21(25)20(24)12-7-5-6-8-15(12)30-22/h5-9,11,14,25H,10H2,1-4H3. The zero-order valence-electron chi connectivity index (χ0n) is 17.1. The summed E-state index contributed by atoms with van der Waals surface area (Å²) in [7, 11) is 5.66. The van der Waals surface area contributed by atoms with Crippen molar-refractivity contribution < 1.29 is 33.3 Å². The fraction of sp³-hybridized carbons (Fsp3) is 0.273. The van der Waals surface area contributed by atoms with E-state index in [-0.39, 0.29) is 23.2 Å². The highest BCUT2D eigenvalue weighted by Gasteiger charge is 2.30. The second-order valence-corrected chi connectivity index (χ2v) is 6.42. The van der Waals surface area contributed by atoms with Crippen molar-refractivity contribution in [1.82, 2.24) is 0 Å². The average Bonchev–Trinajstić information content (AvgIpc) is 2.78. The number of aromatic hydroxyl groups is 1. The Morgan fingerprint density at radius 1 is 1.00 bits per heavy atom.